The Kier molecular flexibility index (Phi) is 5.36. The average Bonchev–Trinajstić information content (AvgIpc) is 2.67. The predicted octanol–water partition coefficient (Wildman–Crippen LogP) is 2.89. The van der Waals surface area contributed by atoms with Crippen molar-refractivity contribution in [2.24, 2.45) is 0 Å². The Bertz CT molecular complexity index is 676. The molecular formula is C18H23N5O. The molecule has 2 aromatic heterocycles. The standard InChI is InChI=1S/C18H23N5O/c1-2-15-7-3-4-9-23(15)18(24)16-10-17(22-13-21-16)20-12-14-6-5-8-19-11-14/h5-6,8,10-11,13,15H,2-4,7,9,12H2,1H3,(H,20,21,22). The second kappa shape index (κ2) is 7.86. The number of likely N-dealkylation sites (tertiary alicyclic amines) is 1. The third-order valence-corrected chi connectivity index (χ3v) is 4.44. The van der Waals surface area contributed by atoms with Crippen LogP contribution in [0.25, 0.3) is 0 Å². The topological polar surface area (TPSA) is 71.0 Å². The van der Waals surface area contributed by atoms with Gasteiger partial charge in [-0.05, 0) is 37.3 Å². The first-order valence-corrected chi connectivity index (χ1v) is 8.53. The van der Waals surface area contributed by atoms with Crippen LogP contribution in [0.3, 0.4) is 0 Å². The Labute approximate surface area is 142 Å². The third-order valence-electron chi connectivity index (χ3n) is 4.44. The van der Waals surface area contributed by atoms with Crippen molar-refractivity contribution in [1.82, 2.24) is 19.9 Å². The van der Waals surface area contributed by atoms with Crippen molar-refractivity contribution in [3.63, 3.8) is 0 Å². The van der Waals surface area contributed by atoms with Crippen molar-refractivity contribution in [3.8, 4) is 0 Å². The summed E-state index contributed by atoms with van der Waals surface area (Å²) in [4.78, 5) is 27.2. The summed E-state index contributed by atoms with van der Waals surface area (Å²) < 4.78 is 0. The van der Waals surface area contributed by atoms with Gasteiger partial charge < -0.3 is 10.2 Å². The molecule has 1 unspecified atom stereocenters. The van der Waals surface area contributed by atoms with Crippen LogP contribution < -0.4 is 5.32 Å². The van der Waals surface area contributed by atoms with Gasteiger partial charge in [-0.1, -0.05) is 13.0 Å². The van der Waals surface area contributed by atoms with E-state index in [1.165, 1.54) is 12.7 Å². The minimum absolute atomic E-state index is 0.00776. The van der Waals surface area contributed by atoms with Gasteiger partial charge in [-0.3, -0.25) is 9.78 Å². The summed E-state index contributed by atoms with van der Waals surface area (Å²) in [6.07, 6.45) is 9.34. The number of nitrogens with one attached hydrogen (secondary N) is 1. The number of anilines is 1. The lowest BCUT2D eigenvalue weighted by atomic mass is 9.99. The van der Waals surface area contributed by atoms with Crippen LogP contribution in [-0.4, -0.2) is 38.3 Å². The van der Waals surface area contributed by atoms with Gasteiger partial charge in [-0.25, -0.2) is 9.97 Å². The number of pyridine rings is 1. The molecule has 3 rings (SSSR count). The molecule has 1 aliphatic heterocycles. The number of carbonyl (C=O) groups excluding carboxylic acids is 1. The summed E-state index contributed by atoms with van der Waals surface area (Å²) in [5.74, 6) is 0.663. The van der Waals surface area contributed by atoms with Gasteiger partial charge in [0.1, 0.15) is 17.8 Å². The molecule has 0 aliphatic carbocycles. The normalized spacial score (nSPS) is 17.5. The molecule has 126 valence electrons. The van der Waals surface area contributed by atoms with Crippen LogP contribution in [0, 0.1) is 0 Å². The summed E-state index contributed by atoms with van der Waals surface area (Å²) in [6.45, 7) is 3.57. The molecule has 0 saturated carbocycles. The van der Waals surface area contributed by atoms with Crippen molar-refractivity contribution in [2.75, 3.05) is 11.9 Å². The lowest BCUT2D eigenvalue weighted by Gasteiger charge is -2.35. The van der Waals surface area contributed by atoms with Crippen molar-refractivity contribution < 1.29 is 4.79 Å². The highest BCUT2D eigenvalue weighted by atomic mass is 16.2. The zero-order chi connectivity index (χ0) is 16.8. The van der Waals surface area contributed by atoms with E-state index < -0.39 is 0 Å². The van der Waals surface area contributed by atoms with Gasteiger partial charge in [0, 0.05) is 37.6 Å². The SMILES string of the molecule is CCC1CCCCN1C(=O)c1cc(NCc2cccnc2)ncn1. The molecule has 0 aromatic carbocycles. The van der Waals surface area contributed by atoms with Gasteiger partial charge in [-0.15, -0.1) is 0 Å². The summed E-state index contributed by atoms with van der Waals surface area (Å²) >= 11 is 0. The molecule has 0 bridgehead atoms. The van der Waals surface area contributed by atoms with Gasteiger partial charge in [0.15, 0.2) is 0 Å². The van der Waals surface area contributed by atoms with Gasteiger partial charge in [0.25, 0.3) is 5.91 Å². The molecule has 1 fully saturated rings. The van der Waals surface area contributed by atoms with E-state index in [0.29, 0.717) is 24.1 Å². The number of aromatic nitrogens is 3. The van der Waals surface area contributed by atoms with E-state index in [-0.39, 0.29) is 5.91 Å². The minimum Gasteiger partial charge on any atom is -0.366 e. The maximum absolute atomic E-state index is 12.8. The smallest absolute Gasteiger partial charge is 0.272 e. The van der Waals surface area contributed by atoms with E-state index in [9.17, 15) is 4.79 Å². The average molecular weight is 325 g/mol. The van der Waals surface area contributed by atoms with Gasteiger partial charge in [0.05, 0.1) is 0 Å². The first kappa shape index (κ1) is 16.4. The minimum atomic E-state index is 0.00776. The van der Waals surface area contributed by atoms with Crippen LogP contribution in [0.5, 0.6) is 0 Å². The van der Waals surface area contributed by atoms with Crippen LogP contribution in [-0.2, 0) is 6.54 Å². The van der Waals surface area contributed by atoms with Crippen LogP contribution in [0.2, 0.25) is 0 Å². The van der Waals surface area contributed by atoms with Gasteiger partial charge in [0.2, 0.25) is 0 Å². The molecule has 1 atom stereocenters. The molecule has 6 nitrogen and oxygen atoms in total. The number of amides is 1. The fourth-order valence-corrected chi connectivity index (χ4v) is 3.11. The highest BCUT2D eigenvalue weighted by molar-refractivity contribution is 5.93. The summed E-state index contributed by atoms with van der Waals surface area (Å²) in [7, 11) is 0. The molecule has 3 heterocycles. The number of nitrogens with zero attached hydrogens (tertiary/aromatic N) is 4. The van der Waals surface area contributed by atoms with Crippen molar-refractivity contribution >= 4 is 11.7 Å². The monoisotopic (exact) mass is 325 g/mol. The van der Waals surface area contributed by atoms with Crippen LogP contribution in [0.1, 0.15) is 48.7 Å². The number of carbonyl (C=O) groups is 1. The Balaban J connectivity index is 1.69. The zero-order valence-electron chi connectivity index (χ0n) is 14.0. The van der Waals surface area contributed by atoms with Crippen molar-refractivity contribution in [2.45, 2.75) is 45.2 Å². The fraction of sp³-hybridized carbons (Fsp3) is 0.444. The van der Waals surface area contributed by atoms with E-state index >= 15 is 0 Å². The van der Waals surface area contributed by atoms with Gasteiger partial charge >= 0.3 is 0 Å². The largest absolute Gasteiger partial charge is 0.366 e. The maximum atomic E-state index is 12.8. The first-order chi connectivity index (χ1) is 11.8. The van der Waals surface area contributed by atoms with Crippen LogP contribution >= 0.6 is 0 Å². The summed E-state index contributed by atoms with van der Waals surface area (Å²) in [5.41, 5.74) is 1.52. The summed E-state index contributed by atoms with van der Waals surface area (Å²) in [6, 6.07) is 5.95. The Morgan fingerprint density at radius 3 is 3.08 bits per heavy atom. The number of hydrogen-bond acceptors (Lipinski definition) is 5. The molecule has 2 aromatic rings. The van der Waals surface area contributed by atoms with E-state index in [1.807, 2.05) is 17.0 Å². The molecule has 1 saturated heterocycles. The highest BCUT2D eigenvalue weighted by Gasteiger charge is 2.27. The molecule has 1 N–H and O–H groups in total. The Morgan fingerprint density at radius 2 is 2.29 bits per heavy atom. The predicted molar refractivity (Wildman–Crippen MR) is 92.6 cm³/mol. The summed E-state index contributed by atoms with van der Waals surface area (Å²) in [5, 5.41) is 3.22. The molecule has 24 heavy (non-hydrogen) atoms. The third kappa shape index (κ3) is 3.88. The van der Waals surface area contributed by atoms with Crippen molar-refractivity contribution in [3.05, 3.63) is 48.2 Å². The van der Waals surface area contributed by atoms with E-state index in [4.69, 9.17) is 0 Å². The number of hydrogen-bond donors (Lipinski definition) is 1. The molecule has 0 spiro atoms. The van der Waals surface area contributed by atoms with Crippen LogP contribution in [0.4, 0.5) is 5.82 Å². The van der Waals surface area contributed by atoms with E-state index in [0.717, 1.165) is 31.4 Å². The lowest BCUT2D eigenvalue weighted by molar-refractivity contribution is 0.0602. The maximum Gasteiger partial charge on any atom is 0.272 e. The van der Waals surface area contributed by atoms with E-state index in [1.54, 1.807) is 18.5 Å². The highest BCUT2D eigenvalue weighted by Crippen LogP contribution is 2.21. The molecule has 6 heteroatoms. The second-order valence-corrected chi connectivity index (χ2v) is 6.06. The second-order valence-electron chi connectivity index (χ2n) is 6.06. The number of piperidine rings is 1. The number of rotatable bonds is 5. The first-order valence-electron chi connectivity index (χ1n) is 8.53. The fourth-order valence-electron chi connectivity index (χ4n) is 3.11. The Morgan fingerprint density at radius 1 is 1.38 bits per heavy atom. The molecular weight excluding hydrogens is 302 g/mol. The molecule has 1 aliphatic rings. The van der Waals surface area contributed by atoms with Crippen molar-refractivity contribution in [1.29, 1.82) is 0 Å². The lowest BCUT2D eigenvalue weighted by Crippen LogP contribution is -2.43. The zero-order valence-corrected chi connectivity index (χ0v) is 14.0. The van der Waals surface area contributed by atoms with Crippen LogP contribution in [0.15, 0.2) is 36.9 Å². The quantitative estimate of drug-likeness (QED) is 0.915. The molecule has 0 radical (unpaired) electrons. The Hall–Kier alpha value is -2.50. The van der Waals surface area contributed by atoms with Gasteiger partial charge in [-0.2, -0.15) is 0 Å². The molecule has 1 amide bonds. The van der Waals surface area contributed by atoms with E-state index in [2.05, 4.69) is 27.2 Å².